The molecule has 1 heterocycles. The number of amides is 1. The molecule has 0 aliphatic rings. The van der Waals surface area contributed by atoms with Crippen LogP contribution in [0.1, 0.15) is 16.1 Å². The predicted molar refractivity (Wildman–Crippen MR) is 152 cm³/mol. The SMILES string of the molecule is Cc1[nH]n(-c2ccc(S(=O)(=O)[O-])cc2)c(=O)c1N=Nc1ccc(C(=O)Nc2cccc(S(=O)(=O)CCOS(=O)(=O)[O-])c2)cc1.[Na+].[Na+]. The van der Waals surface area contributed by atoms with E-state index in [2.05, 4.69) is 24.8 Å². The van der Waals surface area contributed by atoms with Gasteiger partial charge in [-0.1, -0.05) is 6.07 Å². The van der Waals surface area contributed by atoms with Crippen molar-refractivity contribution in [3.8, 4) is 5.69 Å². The Morgan fingerprint density at radius 1 is 0.891 bits per heavy atom. The molecule has 46 heavy (non-hydrogen) atoms. The molecule has 0 saturated carbocycles. The molecular formula is C25H21N5Na2O11S3. The van der Waals surface area contributed by atoms with Crippen molar-refractivity contribution in [3.05, 3.63) is 94.4 Å². The van der Waals surface area contributed by atoms with Crippen LogP contribution in [0.5, 0.6) is 0 Å². The van der Waals surface area contributed by atoms with Gasteiger partial charge in [-0.3, -0.25) is 18.9 Å². The van der Waals surface area contributed by atoms with Crippen molar-refractivity contribution >= 4 is 53.3 Å². The average molecular weight is 710 g/mol. The number of rotatable bonds is 11. The number of carbonyl (C=O) groups is 1. The van der Waals surface area contributed by atoms with E-state index in [1.54, 1.807) is 6.92 Å². The van der Waals surface area contributed by atoms with E-state index in [1.165, 1.54) is 54.6 Å². The minimum atomic E-state index is -5.05. The van der Waals surface area contributed by atoms with E-state index in [4.69, 9.17) is 0 Å². The Balaban J connectivity index is 0.00000368. The van der Waals surface area contributed by atoms with E-state index in [1.807, 2.05) is 0 Å². The standard InChI is InChI=1S/C25H23N5O11S3.2Na/c1-16-23(25(32)30(29-16)20-9-11-21(12-10-20)43(35,36)37)28-27-18-7-5-17(6-8-18)24(31)26-19-3-2-4-22(15-19)42(33,34)14-13-41-44(38,39)40;;/h2-12,15,29H,13-14H2,1H3,(H,26,31)(H,35,36,37)(H,38,39,40);;/q;2*+1/p-2. The van der Waals surface area contributed by atoms with Gasteiger partial charge in [0.05, 0.1) is 39.2 Å². The van der Waals surface area contributed by atoms with E-state index in [0.29, 0.717) is 5.69 Å². The van der Waals surface area contributed by atoms with E-state index in [-0.39, 0.29) is 92.3 Å². The molecule has 2 N–H and O–H groups in total. The zero-order valence-electron chi connectivity index (χ0n) is 24.4. The van der Waals surface area contributed by atoms with Crippen molar-refractivity contribution in [2.24, 2.45) is 10.2 Å². The Morgan fingerprint density at radius 3 is 2.11 bits per heavy atom. The number of nitrogens with one attached hydrogen (secondary N) is 2. The van der Waals surface area contributed by atoms with Crippen molar-refractivity contribution in [2.75, 3.05) is 17.7 Å². The number of carbonyl (C=O) groups excluding carboxylic acids is 1. The van der Waals surface area contributed by atoms with Crippen molar-refractivity contribution in [3.63, 3.8) is 0 Å². The van der Waals surface area contributed by atoms with Gasteiger partial charge in [0, 0.05) is 11.3 Å². The van der Waals surface area contributed by atoms with E-state index in [0.717, 1.165) is 22.9 Å². The molecule has 1 amide bonds. The minimum Gasteiger partial charge on any atom is -0.744 e. The van der Waals surface area contributed by atoms with Crippen molar-refractivity contribution < 1.29 is 102 Å². The molecule has 0 radical (unpaired) electrons. The molecule has 0 aliphatic carbocycles. The molecule has 0 aliphatic heterocycles. The molecule has 1 aromatic heterocycles. The maximum absolute atomic E-state index is 12.9. The Labute approximate surface area is 307 Å². The van der Waals surface area contributed by atoms with Crippen LogP contribution in [-0.4, -0.2) is 62.4 Å². The first kappa shape index (κ1) is 39.6. The first-order valence-electron chi connectivity index (χ1n) is 12.2. The van der Waals surface area contributed by atoms with Gasteiger partial charge < -0.3 is 14.4 Å². The molecule has 21 heteroatoms. The fourth-order valence-corrected chi connectivity index (χ4v) is 5.71. The third kappa shape index (κ3) is 10.5. The van der Waals surface area contributed by atoms with Crippen LogP contribution in [0.4, 0.5) is 17.1 Å². The van der Waals surface area contributed by atoms with Crippen LogP contribution in [0, 0.1) is 6.92 Å². The smallest absolute Gasteiger partial charge is 0.744 e. The second-order valence-electron chi connectivity index (χ2n) is 8.95. The Hall–Kier alpha value is -2.53. The van der Waals surface area contributed by atoms with Gasteiger partial charge in [0.25, 0.3) is 11.5 Å². The van der Waals surface area contributed by atoms with E-state index >= 15 is 0 Å². The van der Waals surface area contributed by atoms with Crippen LogP contribution in [0.2, 0.25) is 0 Å². The number of nitrogens with zero attached hydrogens (tertiary/aromatic N) is 3. The quantitative estimate of drug-likeness (QED) is 0.0664. The zero-order valence-corrected chi connectivity index (χ0v) is 30.8. The summed E-state index contributed by atoms with van der Waals surface area (Å²) in [6.07, 6.45) is 0. The summed E-state index contributed by atoms with van der Waals surface area (Å²) < 4.78 is 94.9. The van der Waals surface area contributed by atoms with Gasteiger partial charge in [0.1, 0.15) is 10.1 Å². The molecule has 16 nitrogen and oxygen atoms in total. The maximum Gasteiger partial charge on any atom is 1.00 e. The third-order valence-electron chi connectivity index (χ3n) is 5.85. The van der Waals surface area contributed by atoms with Gasteiger partial charge in [-0.05, 0) is 73.7 Å². The molecule has 232 valence electrons. The summed E-state index contributed by atoms with van der Waals surface area (Å²) in [6.45, 7) is 0.709. The first-order chi connectivity index (χ1) is 20.5. The van der Waals surface area contributed by atoms with E-state index < -0.39 is 59.1 Å². The largest absolute Gasteiger partial charge is 1.00 e. The number of aromatic nitrogens is 2. The Bertz CT molecular complexity index is 2130. The van der Waals surface area contributed by atoms with Gasteiger partial charge in [-0.15, -0.1) is 5.11 Å². The molecule has 0 saturated heterocycles. The Kier molecular flexibility index (Phi) is 13.8. The van der Waals surface area contributed by atoms with Gasteiger partial charge in [0.15, 0.2) is 15.5 Å². The third-order valence-corrected chi connectivity index (χ3v) is 8.83. The normalized spacial score (nSPS) is 11.9. The number of hydrogen-bond donors (Lipinski definition) is 2. The molecule has 0 unspecified atom stereocenters. The Morgan fingerprint density at radius 2 is 1.52 bits per heavy atom. The molecule has 3 aromatic carbocycles. The van der Waals surface area contributed by atoms with Crippen molar-refractivity contribution in [2.45, 2.75) is 16.7 Å². The van der Waals surface area contributed by atoms with Gasteiger partial charge in [-0.25, -0.2) is 29.9 Å². The van der Waals surface area contributed by atoms with Crippen molar-refractivity contribution in [1.29, 1.82) is 0 Å². The first-order valence-corrected chi connectivity index (χ1v) is 16.6. The number of aryl methyl sites for hydroxylation is 1. The van der Waals surface area contributed by atoms with Crippen molar-refractivity contribution in [1.82, 2.24) is 9.78 Å². The zero-order chi connectivity index (χ0) is 32.3. The number of aromatic amines is 1. The fourth-order valence-electron chi connectivity index (χ4n) is 3.72. The molecule has 0 atom stereocenters. The topological polar surface area (TPSA) is 249 Å². The van der Waals surface area contributed by atoms with Crippen LogP contribution in [0.15, 0.2) is 97.6 Å². The van der Waals surface area contributed by atoms with Gasteiger partial charge >= 0.3 is 59.1 Å². The monoisotopic (exact) mass is 709 g/mol. The number of azo groups is 1. The van der Waals surface area contributed by atoms with Crippen LogP contribution in [0.25, 0.3) is 5.69 Å². The van der Waals surface area contributed by atoms with Crippen LogP contribution < -0.4 is 70.0 Å². The summed E-state index contributed by atoms with van der Waals surface area (Å²) in [7, 11) is -13.7. The number of benzene rings is 3. The molecule has 4 rings (SSSR count). The summed E-state index contributed by atoms with van der Waals surface area (Å²) in [4.78, 5) is 24.9. The van der Waals surface area contributed by atoms with Crippen LogP contribution in [0.3, 0.4) is 0 Å². The summed E-state index contributed by atoms with van der Waals surface area (Å²) in [5, 5.41) is 13.3. The molecular weight excluding hydrogens is 688 g/mol. The summed E-state index contributed by atoms with van der Waals surface area (Å²) in [5.41, 5.74) is 0.566. The summed E-state index contributed by atoms with van der Waals surface area (Å²) in [5.74, 6) is -1.37. The number of hydrogen-bond acceptors (Lipinski definition) is 13. The van der Waals surface area contributed by atoms with Gasteiger partial charge in [0.2, 0.25) is 10.4 Å². The van der Waals surface area contributed by atoms with E-state index in [9.17, 15) is 43.9 Å². The predicted octanol–water partition coefficient (Wildman–Crippen LogP) is -3.70. The average Bonchev–Trinajstić information content (AvgIpc) is 3.23. The minimum absolute atomic E-state index is 0. The maximum atomic E-state index is 12.9. The second kappa shape index (κ2) is 16.0. The number of anilines is 1. The van der Waals surface area contributed by atoms with Crippen LogP contribution >= 0.6 is 0 Å². The van der Waals surface area contributed by atoms with Crippen LogP contribution in [-0.2, 0) is 34.5 Å². The molecule has 0 bridgehead atoms. The molecule has 0 spiro atoms. The number of sulfone groups is 1. The fraction of sp³-hybridized carbons (Fsp3) is 0.120. The molecule has 0 fully saturated rings. The summed E-state index contributed by atoms with van der Waals surface area (Å²) >= 11 is 0. The van der Waals surface area contributed by atoms with Gasteiger partial charge in [-0.2, -0.15) is 5.11 Å². The molecule has 4 aromatic rings. The second-order valence-corrected chi connectivity index (χ2v) is 13.5. The summed E-state index contributed by atoms with van der Waals surface area (Å²) in [6, 6.07) is 15.6. The number of H-pyrrole nitrogens is 1.